The van der Waals surface area contributed by atoms with Crippen molar-refractivity contribution in [1.82, 2.24) is 0 Å². The lowest BCUT2D eigenvalue weighted by Gasteiger charge is -2.28. The van der Waals surface area contributed by atoms with E-state index < -0.39 is 27.6 Å². The molecule has 7 heteroatoms. The van der Waals surface area contributed by atoms with Crippen LogP contribution < -0.4 is 4.90 Å². The van der Waals surface area contributed by atoms with Crippen LogP contribution in [0.15, 0.2) is 60.0 Å². The van der Waals surface area contributed by atoms with Crippen molar-refractivity contribution in [3.63, 3.8) is 0 Å². The molecule has 124 valence electrons. The van der Waals surface area contributed by atoms with Crippen LogP contribution in [0.5, 0.6) is 0 Å². The Balaban J connectivity index is 2.01. The van der Waals surface area contributed by atoms with Crippen molar-refractivity contribution in [2.75, 3.05) is 10.7 Å². The maximum absolute atomic E-state index is 13.1. The summed E-state index contributed by atoms with van der Waals surface area (Å²) in [4.78, 5) is 14.3. The predicted octanol–water partition coefficient (Wildman–Crippen LogP) is 3.44. The van der Waals surface area contributed by atoms with E-state index in [9.17, 15) is 17.6 Å². The summed E-state index contributed by atoms with van der Waals surface area (Å²) in [5.74, 6) is -1.06. The van der Waals surface area contributed by atoms with E-state index in [4.69, 9.17) is 11.6 Å². The summed E-state index contributed by atoms with van der Waals surface area (Å²) in [7, 11) is -3.34. The Hall–Kier alpha value is -2.18. The van der Waals surface area contributed by atoms with Gasteiger partial charge in [0.2, 0.25) is 0 Å². The van der Waals surface area contributed by atoms with Crippen molar-refractivity contribution in [1.29, 1.82) is 0 Å². The molecule has 0 saturated carbocycles. The summed E-state index contributed by atoms with van der Waals surface area (Å²) in [5.41, 5.74) is 0.782. The van der Waals surface area contributed by atoms with Crippen LogP contribution in [0.4, 0.5) is 10.1 Å². The number of carbonyl (C=O) groups is 1. The fraction of sp³-hybridized carbons (Fsp3) is 0.118. The van der Waals surface area contributed by atoms with Gasteiger partial charge in [-0.05, 0) is 54.6 Å². The van der Waals surface area contributed by atoms with Crippen LogP contribution >= 0.6 is 11.6 Å². The summed E-state index contributed by atoms with van der Waals surface area (Å²) < 4.78 is 36.6. The lowest BCUT2D eigenvalue weighted by molar-refractivity contribution is 0.0983. The average Bonchev–Trinajstić information content (AvgIpc) is 2.90. The third-order valence-corrected chi connectivity index (χ3v) is 5.29. The molecule has 0 aliphatic carbocycles. The molecule has 2 aromatic rings. The molecule has 0 bridgehead atoms. The number of anilines is 1. The molecule has 3 rings (SSSR count). The molecule has 1 aliphatic rings. The van der Waals surface area contributed by atoms with E-state index in [0.717, 1.165) is 5.41 Å². The molecule has 1 unspecified atom stereocenters. The SMILES string of the molecule is O=C(c1ccc(F)cc1)N(c1ccc(Cl)cc1)C1C=CS(=O)(=O)C1. The molecule has 0 spiro atoms. The van der Waals surface area contributed by atoms with Gasteiger partial charge >= 0.3 is 0 Å². The van der Waals surface area contributed by atoms with Crippen molar-refractivity contribution in [3.8, 4) is 0 Å². The van der Waals surface area contributed by atoms with Crippen LogP contribution in [0.1, 0.15) is 10.4 Å². The topological polar surface area (TPSA) is 54.5 Å². The van der Waals surface area contributed by atoms with E-state index in [1.807, 2.05) is 0 Å². The Morgan fingerprint density at radius 3 is 2.25 bits per heavy atom. The fourth-order valence-electron chi connectivity index (χ4n) is 2.51. The lowest BCUT2D eigenvalue weighted by Crippen LogP contribution is -2.41. The Morgan fingerprint density at radius 2 is 1.71 bits per heavy atom. The minimum atomic E-state index is -3.34. The van der Waals surface area contributed by atoms with E-state index in [1.165, 1.54) is 35.2 Å². The third kappa shape index (κ3) is 3.49. The van der Waals surface area contributed by atoms with Crippen LogP contribution in [0, 0.1) is 5.82 Å². The van der Waals surface area contributed by atoms with Gasteiger partial charge in [-0.15, -0.1) is 0 Å². The minimum absolute atomic E-state index is 0.192. The van der Waals surface area contributed by atoms with Gasteiger partial charge in [0.25, 0.3) is 5.91 Å². The molecule has 0 fully saturated rings. The molecule has 1 aliphatic heterocycles. The quantitative estimate of drug-likeness (QED) is 0.837. The zero-order valence-corrected chi connectivity index (χ0v) is 14.0. The highest BCUT2D eigenvalue weighted by Crippen LogP contribution is 2.26. The zero-order valence-electron chi connectivity index (χ0n) is 12.4. The van der Waals surface area contributed by atoms with Gasteiger partial charge in [0.05, 0.1) is 11.8 Å². The Morgan fingerprint density at radius 1 is 1.08 bits per heavy atom. The molecule has 1 heterocycles. The number of amides is 1. The second-order valence-corrected chi connectivity index (χ2v) is 7.75. The van der Waals surface area contributed by atoms with Gasteiger partial charge < -0.3 is 4.90 Å². The molecule has 0 aromatic heterocycles. The predicted molar refractivity (Wildman–Crippen MR) is 91.4 cm³/mol. The van der Waals surface area contributed by atoms with E-state index in [0.29, 0.717) is 10.7 Å². The van der Waals surface area contributed by atoms with Gasteiger partial charge in [-0.2, -0.15) is 0 Å². The molecule has 1 amide bonds. The Bertz CT molecular complexity index is 892. The largest absolute Gasteiger partial charge is 0.300 e. The van der Waals surface area contributed by atoms with Gasteiger partial charge in [0.1, 0.15) is 5.82 Å². The maximum Gasteiger partial charge on any atom is 0.258 e. The van der Waals surface area contributed by atoms with E-state index in [1.54, 1.807) is 24.3 Å². The first-order chi connectivity index (χ1) is 11.4. The number of hydrogen-bond donors (Lipinski definition) is 0. The van der Waals surface area contributed by atoms with Gasteiger partial charge in [-0.25, -0.2) is 12.8 Å². The molecule has 4 nitrogen and oxygen atoms in total. The average molecular weight is 366 g/mol. The minimum Gasteiger partial charge on any atom is -0.300 e. The molecular formula is C17H13ClFNO3S. The normalized spacial score (nSPS) is 18.5. The highest BCUT2D eigenvalue weighted by Gasteiger charge is 2.32. The number of carbonyl (C=O) groups excluding carboxylic acids is 1. The second-order valence-electron chi connectivity index (χ2n) is 5.38. The molecule has 1 atom stereocenters. The number of hydrogen-bond acceptors (Lipinski definition) is 3. The molecule has 24 heavy (non-hydrogen) atoms. The fourth-order valence-corrected chi connectivity index (χ4v) is 3.91. The molecule has 0 N–H and O–H groups in total. The summed E-state index contributed by atoms with van der Waals surface area (Å²) in [6.07, 6.45) is 1.48. The second kappa shape index (κ2) is 6.37. The number of halogens is 2. The first kappa shape index (κ1) is 16.7. The standard InChI is InChI=1S/C17H13ClFNO3S/c18-13-3-7-15(8-4-13)20(16-9-10-24(22,23)11-16)17(21)12-1-5-14(19)6-2-12/h1-10,16H,11H2. The number of benzene rings is 2. The smallest absolute Gasteiger partial charge is 0.258 e. The molecule has 0 radical (unpaired) electrons. The number of rotatable bonds is 3. The molecule has 2 aromatic carbocycles. The molecular weight excluding hydrogens is 353 g/mol. The van der Waals surface area contributed by atoms with E-state index >= 15 is 0 Å². The van der Waals surface area contributed by atoms with Gasteiger partial charge in [0.15, 0.2) is 9.84 Å². The lowest BCUT2D eigenvalue weighted by atomic mass is 10.1. The first-order valence-electron chi connectivity index (χ1n) is 7.11. The van der Waals surface area contributed by atoms with Gasteiger partial charge in [0, 0.05) is 21.7 Å². The summed E-state index contributed by atoms with van der Waals surface area (Å²) in [6.45, 7) is 0. The molecule has 0 saturated heterocycles. The van der Waals surface area contributed by atoms with Crippen LogP contribution in [-0.2, 0) is 9.84 Å². The van der Waals surface area contributed by atoms with Crippen molar-refractivity contribution in [2.45, 2.75) is 6.04 Å². The van der Waals surface area contributed by atoms with Crippen molar-refractivity contribution in [2.24, 2.45) is 0 Å². The van der Waals surface area contributed by atoms with Crippen molar-refractivity contribution in [3.05, 3.63) is 76.4 Å². The summed E-state index contributed by atoms with van der Waals surface area (Å²) >= 11 is 5.88. The van der Waals surface area contributed by atoms with E-state index in [-0.39, 0.29) is 11.3 Å². The number of nitrogens with zero attached hydrogens (tertiary/aromatic N) is 1. The van der Waals surface area contributed by atoms with Crippen LogP contribution in [0.2, 0.25) is 5.02 Å². The van der Waals surface area contributed by atoms with Crippen LogP contribution in [-0.4, -0.2) is 26.1 Å². The number of sulfone groups is 1. The monoisotopic (exact) mass is 365 g/mol. The van der Waals surface area contributed by atoms with Crippen LogP contribution in [0.25, 0.3) is 0 Å². The van der Waals surface area contributed by atoms with Crippen molar-refractivity contribution < 1.29 is 17.6 Å². The zero-order chi connectivity index (χ0) is 17.3. The van der Waals surface area contributed by atoms with Crippen LogP contribution in [0.3, 0.4) is 0 Å². The van der Waals surface area contributed by atoms with E-state index in [2.05, 4.69) is 0 Å². The maximum atomic E-state index is 13.1. The Kier molecular flexibility index (Phi) is 4.43. The Labute approximate surface area is 144 Å². The van der Waals surface area contributed by atoms with Crippen molar-refractivity contribution >= 4 is 33.0 Å². The van der Waals surface area contributed by atoms with Gasteiger partial charge in [-0.3, -0.25) is 4.79 Å². The summed E-state index contributed by atoms with van der Waals surface area (Å²) in [6, 6.07) is 11.0. The summed E-state index contributed by atoms with van der Waals surface area (Å²) in [5, 5.41) is 1.61. The first-order valence-corrected chi connectivity index (χ1v) is 9.21. The highest BCUT2D eigenvalue weighted by atomic mass is 35.5. The van der Waals surface area contributed by atoms with Gasteiger partial charge in [-0.1, -0.05) is 11.6 Å². The third-order valence-electron chi connectivity index (χ3n) is 3.66. The highest BCUT2D eigenvalue weighted by molar-refractivity contribution is 7.94.